The molecule has 0 radical (unpaired) electrons. The number of hydrogen-bond donors (Lipinski definition) is 3. The minimum absolute atomic E-state index is 0.0410. The van der Waals surface area contributed by atoms with Crippen LogP contribution in [0.5, 0.6) is 5.75 Å². The van der Waals surface area contributed by atoms with Gasteiger partial charge >= 0.3 is 0 Å². The first-order valence-corrected chi connectivity index (χ1v) is 8.44. The van der Waals surface area contributed by atoms with Gasteiger partial charge in [0.1, 0.15) is 23.5 Å². The lowest BCUT2D eigenvalue weighted by Crippen LogP contribution is -2.12. The average Bonchev–Trinajstić information content (AvgIpc) is 2.89. The standard InChI is InChI=1S/C18H22ClN5O/c1-18(2,3)12-6-10(7-13(25)15(12)19)11-8-24(5-4-20)17-14(11)16(21)22-9-23-17/h6-9,25H,4-5,20H2,1-3H3,(H2,21,22,23). The highest BCUT2D eigenvalue weighted by Crippen LogP contribution is 2.41. The van der Waals surface area contributed by atoms with E-state index < -0.39 is 0 Å². The quantitative estimate of drug-likeness (QED) is 0.665. The number of nitrogens with zero attached hydrogens (tertiary/aromatic N) is 3. The van der Waals surface area contributed by atoms with Crippen LogP contribution in [0.15, 0.2) is 24.7 Å². The van der Waals surface area contributed by atoms with Gasteiger partial charge in [-0.25, -0.2) is 9.97 Å². The molecule has 7 heteroatoms. The molecule has 1 aromatic carbocycles. The molecule has 0 bridgehead atoms. The van der Waals surface area contributed by atoms with Gasteiger partial charge in [0, 0.05) is 24.8 Å². The number of nitrogen functional groups attached to an aromatic ring is 1. The van der Waals surface area contributed by atoms with Gasteiger partial charge in [-0.3, -0.25) is 0 Å². The maximum absolute atomic E-state index is 10.3. The van der Waals surface area contributed by atoms with Gasteiger partial charge in [0.25, 0.3) is 0 Å². The Hall–Kier alpha value is -2.31. The second-order valence-corrected chi connectivity index (χ2v) is 7.47. The Kier molecular flexibility index (Phi) is 4.34. The summed E-state index contributed by atoms with van der Waals surface area (Å²) in [7, 11) is 0. The van der Waals surface area contributed by atoms with Crippen molar-refractivity contribution in [3.8, 4) is 16.9 Å². The molecule has 0 amide bonds. The number of benzene rings is 1. The van der Waals surface area contributed by atoms with Crippen LogP contribution in [0.25, 0.3) is 22.2 Å². The first kappa shape index (κ1) is 17.5. The van der Waals surface area contributed by atoms with E-state index in [1.165, 1.54) is 6.33 Å². The van der Waals surface area contributed by atoms with Crippen molar-refractivity contribution in [2.45, 2.75) is 32.7 Å². The molecule has 0 aliphatic carbocycles. The van der Waals surface area contributed by atoms with E-state index in [1.54, 1.807) is 6.07 Å². The van der Waals surface area contributed by atoms with Crippen LogP contribution >= 0.6 is 11.6 Å². The van der Waals surface area contributed by atoms with Crippen LogP contribution in [0.3, 0.4) is 0 Å². The highest BCUT2D eigenvalue weighted by atomic mass is 35.5. The maximum atomic E-state index is 10.3. The number of rotatable bonds is 3. The smallest absolute Gasteiger partial charge is 0.146 e. The fourth-order valence-corrected chi connectivity index (χ4v) is 3.38. The molecule has 0 aliphatic heterocycles. The molecule has 0 fully saturated rings. The molecular formula is C18H22ClN5O. The lowest BCUT2D eigenvalue weighted by atomic mass is 9.85. The first-order chi connectivity index (χ1) is 11.7. The minimum Gasteiger partial charge on any atom is -0.506 e. The highest BCUT2D eigenvalue weighted by molar-refractivity contribution is 6.33. The number of phenolic OH excluding ortho intramolecular Hbond substituents is 1. The summed E-state index contributed by atoms with van der Waals surface area (Å²) in [5.41, 5.74) is 14.8. The van der Waals surface area contributed by atoms with Crippen molar-refractivity contribution in [1.29, 1.82) is 0 Å². The Morgan fingerprint density at radius 2 is 1.96 bits per heavy atom. The Morgan fingerprint density at radius 1 is 1.24 bits per heavy atom. The van der Waals surface area contributed by atoms with Crippen LogP contribution in [0.2, 0.25) is 5.02 Å². The second-order valence-electron chi connectivity index (χ2n) is 7.09. The molecule has 25 heavy (non-hydrogen) atoms. The predicted octanol–water partition coefficient (Wildman–Crippen LogP) is 3.30. The van der Waals surface area contributed by atoms with Crippen LogP contribution < -0.4 is 11.5 Å². The average molecular weight is 360 g/mol. The van der Waals surface area contributed by atoms with Crippen LogP contribution in [0.4, 0.5) is 5.82 Å². The summed E-state index contributed by atoms with van der Waals surface area (Å²) < 4.78 is 1.95. The second kappa shape index (κ2) is 6.20. The van der Waals surface area contributed by atoms with Crippen LogP contribution in [-0.2, 0) is 12.0 Å². The fourth-order valence-electron chi connectivity index (χ4n) is 2.99. The molecular weight excluding hydrogens is 338 g/mol. The normalized spacial score (nSPS) is 12.0. The SMILES string of the molecule is CC(C)(C)c1cc(-c2cn(CCN)c3ncnc(N)c23)cc(O)c1Cl. The number of aromatic hydroxyl groups is 1. The summed E-state index contributed by atoms with van der Waals surface area (Å²) in [6, 6.07) is 3.63. The summed E-state index contributed by atoms with van der Waals surface area (Å²) >= 11 is 6.32. The van der Waals surface area contributed by atoms with Gasteiger partial charge in [-0.2, -0.15) is 0 Å². The molecule has 0 saturated heterocycles. The fraction of sp³-hybridized carbons (Fsp3) is 0.333. The van der Waals surface area contributed by atoms with Crippen LogP contribution in [-0.4, -0.2) is 26.2 Å². The maximum Gasteiger partial charge on any atom is 0.146 e. The molecule has 0 unspecified atom stereocenters. The third-order valence-corrected chi connectivity index (χ3v) is 4.62. The Bertz CT molecular complexity index is 943. The largest absolute Gasteiger partial charge is 0.506 e. The van der Waals surface area contributed by atoms with E-state index in [4.69, 9.17) is 23.1 Å². The predicted molar refractivity (Wildman–Crippen MR) is 102 cm³/mol. The molecule has 5 N–H and O–H groups in total. The number of halogens is 1. The molecule has 0 atom stereocenters. The van der Waals surface area contributed by atoms with Gasteiger partial charge < -0.3 is 21.1 Å². The molecule has 3 aromatic rings. The third kappa shape index (κ3) is 3.03. The van der Waals surface area contributed by atoms with E-state index in [1.807, 2.05) is 37.6 Å². The van der Waals surface area contributed by atoms with Crippen molar-refractivity contribution in [2.24, 2.45) is 5.73 Å². The van der Waals surface area contributed by atoms with Gasteiger partial charge in [0.05, 0.1) is 10.4 Å². The van der Waals surface area contributed by atoms with Crippen molar-refractivity contribution < 1.29 is 5.11 Å². The van der Waals surface area contributed by atoms with Crippen LogP contribution in [0.1, 0.15) is 26.3 Å². The third-order valence-electron chi connectivity index (χ3n) is 4.23. The Balaban J connectivity index is 2.32. The summed E-state index contributed by atoms with van der Waals surface area (Å²) in [5.74, 6) is 0.432. The van der Waals surface area contributed by atoms with Gasteiger partial charge in [0.15, 0.2) is 0 Å². The summed E-state index contributed by atoms with van der Waals surface area (Å²) in [4.78, 5) is 8.46. The van der Waals surface area contributed by atoms with E-state index in [9.17, 15) is 5.11 Å². The number of hydrogen-bond acceptors (Lipinski definition) is 5. The summed E-state index contributed by atoms with van der Waals surface area (Å²) in [6.45, 7) is 7.23. The monoisotopic (exact) mass is 359 g/mol. The molecule has 3 rings (SSSR count). The van der Waals surface area contributed by atoms with E-state index in [0.717, 1.165) is 27.7 Å². The topological polar surface area (TPSA) is 103 Å². The molecule has 0 spiro atoms. The molecule has 2 heterocycles. The lowest BCUT2D eigenvalue weighted by Gasteiger charge is -2.22. The number of anilines is 1. The zero-order valence-corrected chi connectivity index (χ0v) is 15.3. The van der Waals surface area contributed by atoms with E-state index in [-0.39, 0.29) is 11.2 Å². The first-order valence-electron chi connectivity index (χ1n) is 8.06. The number of nitrogens with two attached hydrogens (primary N) is 2. The Labute approximate surface area is 151 Å². The van der Waals surface area contributed by atoms with Crippen molar-refractivity contribution in [2.75, 3.05) is 12.3 Å². The summed E-state index contributed by atoms with van der Waals surface area (Å²) in [5, 5.41) is 11.5. The van der Waals surface area contributed by atoms with Crippen molar-refractivity contribution in [3.05, 3.63) is 35.2 Å². The van der Waals surface area contributed by atoms with Gasteiger partial charge in [-0.15, -0.1) is 0 Å². The van der Waals surface area contributed by atoms with Crippen molar-refractivity contribution in [1.82, 2.24) is 14.5 Å². The van der Waals surface area contributed by atoms with Gasteiger partial charge in [-0.1, -0.05) is 32.4 Å². The zero-order valence-electron chi connectivity index (χ0n) is 14.5. The van der Waals surface area contributed by atoms with E-state index in [2.05, 4.69) is 9.97 Å². The molecule has 132 valence electrons. The van der Waals surface area contributed by atoms with Gasteiger partial charge in [0.2, 0.25) is 0 Å². The molecule has 0 aliphatic rings. The number of aromatic nitrogens is 3. The lowest BCUT2D eigenvalue weighted by molar-refractivity contribution is 0.471. The van der Waals surface area contributed by atoms with Crippen LogP contribution in [0, 0.1) is 0 Å². The zero-order chi connectivity index (χ0) is 18.4. The number of phenols is 1. The van der Waals surface area contributed by atoms with Gasteiger partial charge in [-0.05, 0) is 28.7 Å². The van der Waals surface area contributed by atoms with Crippen molar-refractivity contribution >= 4 is 28.5 Å². The molecule has 0 saturated carbocycles. The number of fused-ring (bicyclic) bond motifs is 1. The summed E-state index contributed by atoms with van der Waals surface area (Å²) in [6.07, 6.45) is 3.38. The minimum atomic E-state index is -0.220. The van der Waals surface area contributed by atoms with E-state index in [0.29, 0.717) is 23.9 Å². The van der Waals surface area contributed by atoms with E-state index >= 15 is 0 Å². The van der Waals surface area contributed by atoms with Crippen molar-refractivity contribution in [3.63, 3.8) is 0 Å². The Morgan fingerprint density at radius 3 is 2.60 bits per heavy atom. The molecule has 6 nitrogen and oxygen atoms in total. The molecule has 2 aromatic heterocycles. The highest BCUT2D eigenvalue weighted by Gasteiger charge is 2.23.